The van der Waals surface area contributed by atoms with Crippen LogP contribution in [-0.4, -0.2) is 31.9 Å². The van der Waals surface area contributed by atoms with Crippen LogP contribution >= 0.6 is 23.4 Å². The minimum Gasteiger partial charge on any atom is -0.258 e. The van der Waals surface area contributed by atoms with Crippen molar-refractivity contribution >= 4 is 39.1 Å². The summed E-state index contributed by atoms with van der Waals surface area (Å²) in [6.07, 6.45) is 4.73. The molecular weight excluding hydrogens is 336 g/mol. The van der Waals surface area contributed by atoms with E-state index in [1.54, 1.807) is 11.8 Å². The van der Waals surface area contributed by atoms with Crippen molar-refractivity contribution in [1.82, 2.24) is 4.72 Å². The van der Waals surface area contributed by atoms with Crippen LogP contribution in [0.5, 0.6) is 0 Å². The number of thioether (sulfide) groups is 1. The summed E-state index contributed by atoms with van der Waals surface area (Å²) in [4.78, 5) is 9.91. The van der Waals surface area contributed by atoms with Gasteiger partial charge in [0, 0.05) is 12.6 Å². The van der Waals surface area contributed by atoms with Crippen molar-refractivity contribution in [2.24, 2.45) is 0 Å². The van der Waals surface area contributed by atoms with Crippen LogP contribution in [0.1, 0.15) is 19.3 Å². The first-order valence-electron chi connectivity index (χ1n) is 6.31. The molecule has 0 unspecified atom stereocenters. The maximum Gasteiger partial charge on any atom is 0.289 e. The van der Waals surface area contributed by atoms with E-state index in [0.29, 0.717) is 6.54 Å². The van der Waals surface area contributed by atoms with E-state index in [2.05, 4.69) is 4.72 Å². The van der Waals surface area contributed by atoms with Crippen LogP contribution in [0.2, 0.25) is 5.02 Å². The summed E-state index contributed by atoms with van der Waals surface area (Å²) in [5.41, 5.74) is -0.417. The van der Waals surface area contributed by atoms with E-state index in [9.17, 15) is 18.5 Å². The van der Waals surface area contributed by atoms with E-state index < -0.39 is 20.6 Å². The molecule has 0 aromatic heterocycles. The largest absolute Gasteiger partial charge is 0.289 e. The number of halogens is 1. The Balaban J connectivity index is 2.66. The van der Waals surface area contributed by atoms with Crippen molar-refractivity contribution in [3.63, 3.8) is 0 Å². The predicted octanol–water partition coefficient (Wildman–Crippen LogP) is 3.06. The fraction of sp³-hybridized carbons (Fsp3) is 0.500. The van der Waals surface area contributed by atoms with Gasteiger partial charge >= 0.3 is 0 Å². The summed E-state index contributed by atoms with van der Waals surface area (Å²) in [7, 11) is -3.74. The Bertz CT molecular complexity index is 593. The Morgan fingerprint density at radius 2 is 2.05 bits per heavy atom. The highest BCUT2D eigenvalue weighted by Crippen LogP contribution is 2.26. The molecule has 0 saturated carbocycles. The number of nitrogens with one attached hydrogen (secondary N) is 1. The summed E-state index contributed by atoms with van der Waals surface area (Å²) >= 11 is 7.41. The number of nitro groups is 1. The maximum atomic E-state index is 12.0. The van der Waals surface area contributed by atoms with Crippen LogP contribution < -0.4 is 4.72 Å². The lowest BCUT2D eigenvalue weighted by atomic mass is 10.2. The topological polar surface area (TPSA) is 89.3 Å². The molecule has 6 nitrogen and oxygen atoms in total. The lowest BCUT2D eigenvalue weighted by Gasteiger charge is -2.07. The average molecular weight is 353 g/mol. The lowest BCUT2D eigenvalue weighted by Crippen LogP contribution is -2.24. The van der Waals surface area contributed by atoms with Gasteiger partial charge in [0.05, 0.1) is 9.82 Å². The second kappa shape index (κ2) is 8.57. The first kappa shape index (κ1) is 18.2. The second-order valence-electron chi connectivity index (χ2n) is 4.32. The molecule has 0 aliphatic rings. The van der Waals surface area contributed by atoms with Gasteiger partial charge in [-0.3, -0.25) is 10.1 Å². The molecule has 0 atom stereocenters. The van der Waals surface area contributed by atoms with Crippen LogP contribution in [0, 0.1) is 10.1 Å². The summed E-state index contributed by atoms with van der Waals surface area (Å²) in [5, 5.41) is 10.7. The lowest BCUT2D eigenvalue weighted by molar-refractivity contribution is -0.384. The molecule has 1 rings (SSSR count). The third kappa shape index (κ3) is 5.82. The van der Waals surface area contributed by atoms with E-state index in [1.807, 2.05) is 6.26 Å². The van der Waals surface area contributed by atoms with Gasteiger partial charge in [-0.15, -0.1) is 0 Å². The number of nitrogens with zero attached hydrogens (tertiary/aromatic N) is 1. The highest BCUT2D eigenvalue weighted by Gasteiger charge is 2.20. The Morgan fingerprint density at radius 3 is 2.67 bits per heavy atom. The Kier molecular flexibility index (Phi) is 7.44. The van der Waals surface area contributed by atoms with Crippen molar-refractivity contribution in [3.8, 4) is 0 Å². The van der Waals surface area contributed by atoms with Gasteiger partial charge in [-0.05, 0) is 37.0 Å². The van der Waals surface area contributed by atoms with E-state index >= 15 is 0 Å². The van der Waals surface area contributed by atoms with Gasteiger partial charge in [-0.2, -0.15) is 11.8 Å². The van der Waals surface area contributed by atoms with Crippen molar-refractivity contribution < 1.29 is 13.3 Å². The van der Waals surface area contributed by atoms with E-state index in [4.69, 9.17) is 11.6 Å². The van der Waals surface area contributed by atoms with Gasteiger partial charge in [0.2, 0.25) is 10.0 Å². The van der Waals surface area contributed by atoms with Crippen molar-refractivity contribution in [2.45, 2.75) is 24.2 Å². The third-order valence-electron chi connectivity index (χ3n) is 2.74. The van der Waals surface area contributed by atoms with Crippen LogP contribution in [0.25, 0.3) is 0 Å². The van der Waals surface area contributed by atoms with Crippen LogP contribution in [-0.2, 0) is 10.0 Å². The summed E-state index contributed by atoms with van der Waals surface area (Å²) < 4.78 is 26.5. The Labute approximate surface area is 133 Å². The predicted molar refractivity (Wildman–Crippen MR) is 85.5 cm³/mol. The highest BCUT2D eigenvalue weighted by molar-refractivity contribution is 7.98. The van der Waals surface area contributed by atoms with Crippen molar-refractivity contribution in [1.29, 1.82) is 0 Å². The molecule has 0 aliphatic carbocycles. The second-order valence-corrected chi connectivity index (χ2v) is 7.48. The monoisotopic (exact) mass is 352 g/mol. The number of sulfonamides is 1. The summed E-state index contributed by atoms with van der Waals surface area (Å²) in [6, 6.07) is 3.44. The zero-order chi connectivity index (χ0) is 15.9. The minimum absolute atomic E-state index is 0.0870. The molecule has 0 aliphatic heterocycles. The molecule has 0 heterocycles. The van der Waals surface area contributed by atoms with Gasteiger partial charge in [-0.25, -0.2) is 13.1 Å². The first-order valence-corrected chi connectivity index (χ1v) is 9.56. The first-order chi connectivity index (χ1) is 9.88. The molecule has 118 valence electrons. The van der Waals surface area contributed by atoms with Gasteiger partial charge in [0.25, 0.3) is 5.69 Å². The summed E-state index contributed by atoms with van der Waals surface area (Å²) in [5.74, 6) is 1.05. The summed E-state index contributed by atoms with van der Waals surface area (Å²) in [6.45, 7) is 0.313. The maximum absolute atomic E-state index is 12.0. The van der Waals surface area contributed by atoms with Gasteiger partial charge in [0.15, 0.2) is 0 Å². The Morgan fingerprint density at radius 1 is 1.33 bits per heavy atom. The van der Waals surface area contributed by atoms with E-state index in [1.165, 1.54) is 12.1 Å². The number of benzene rings is 1. The molecule has 0 spiro atoms. The van der Waals surface area contributed by atoms with Gasteiger partial charge < -0.3 is 0 Å². The molecule has 0 radical (unpaired) electrons. The molecule has 0 fully saturated rings. The van der Waals surface area contributed by atoms with E-state index in [-0.39, 0.29) is 9.92 Å². The SMILES string of the molecule is CSCCCCCNS(=O)(=O)c1ccc(Cl)c([N+](=O)[O-])c1. The quantitative estimate of drug-likeness (QED) is 0.419. The normalized spacial score (nSPS) is 11.5. The minimum atomic E-state index is -3.74. The number of unbranched alkanes of at least 4 members (excludes halogenated alkanes) is 2. The Hall–Kier alpha value is -0.830. The smallest absolute Gasteiger partial charge is 0.258 e. The zero-order valence-electron chi connectivity index (χ0n) is 11.5. The molecule has 1 aromatic rings. The standard InChI is InChI=1S/C12H17ClN2O4S2/c1-20-8-4-2-3-7-14-21(18,19)10-5-6-11(13)12(9-10)15(16)17/h5-6,9,14H,2-4,7-8H2,1H3. The molecule has 21 heavy (non-hydrogen) atoms. The number of nitro benzene ring substituents is 1. The number of hydrogen-bond acceptors (Lipinski definition) is 5. The van der Waals surface area contributed by atoms with Crippen LogP contribution in [0.4, 0.5) is 5.69 Å². The van der Waals surface area contributed by atoms with Crippen molar-refractivity contribution in [2.75, 3.05) is 18.6 Å². The molecule has 1 aromatic carbocycles. The molecule has 0 amide bonds. The van der Waals surface area contributed by atoms with Crippen LogP contribution in [0.15, 0.2) is 23.1 Å². The molecular formula is C12H17ClN2O4S2. The van der Waals surface area contributed by atoms with Gasteiger partial charge in [0.1, 0.15) is 5.02 Å². The molecule has 0 saturated heterocycles. The number of rotatable bonds is 9. The van der Waals surface area contributed by atoms with E-state index in [0.717, 1.165) is 31.1 Å². The highest BCUT2D eigenvalue weighted by atomic mass is 35.5. The third-order valence-corrected chi connectivity index (χ3v) is 5.22. The molecule has 9 heteroatoms. The average Bonchev–Trinajstić information content (AvgIpc) is 2.42. The van der Waals surface area contributed by atoms with Crippen molar-refractivity contribution in [3.05, 3.63) is 33.3 Å². The van der Waals surface area contributed by atoms with Crippen LogP contribution in [0.3, 0.4) is 0 Å². The fourth-order valence-corrected chi connectivity index (χ4v) is 3.41. The fourth-order valence-electron chi connectivity index (χ4n) is 1.64. The molecule has 0 bridgehead atoms. The molecule has 1 N–H and O–H groups in total. The number of hydrogen-bond donors (Lipinski definition) is 1. The zero-order valence-corrected chi connectivity index (χ0v) is 13.9. The van der Waals surface area contributed by atoms with Gasteiger partial charge in [-0.1, -0.05) is 18.0 Å².